The van der Waals surface area contributed by atoms with Crippen LogP contribution < -0.4 is 5.56 Å². The molecule has 0 unspecified atom stereocenters. The Hall–Kier alpha value is -3.95. The molecular formula is C21H14F3N5O2. The van der Waals surface area contributed by atoms with Crippen LogP contribution in [0.25, 0.3) is 39.5 Å². The second-order valence-electron chi connectivity index (χ2n) is 7.24. The summed E-state index contributed by atoms with van der Waals surface area (Å²) in [4.78, 5) is 21.7. The van der Waals surface area contributed by atoms with Crippen LogP contribution in [0.15, 0.2) is 52.0 Å². The minimum absolute atomic E-state index is 0.0515. The van der Waals surface area contributed by atoms with E-state index in [-0.39, 0.29) is 40.0 Å². The normalized spacial score (nSPS) is 11.8. The first-order chi connectivity index (χ1) is 14.9. The topological polar surface area (TPSA) is 78.2 Å². The molecule has 3 aromatic heterocycles. The van der Waals surface area contributed by atoms with E-state index in [0.29, 0.717) is 11.6 Å². The first-order valence-corrected chi connectivity index (χ1v) is 9.36. The Bertz CT molecular complexity index is 1530. The number of benzene rings is 2. The second kappa shape index (κ2) is 6.79. The molecule has 0 saturated heterocycles. The summed E-state index contributed by atoms with van der Waals surface area (Å²) in [5, 5.41) is 3.82. The highest BCUT2D eigenvalue weighted by atomic mass is 19.1. The first-order valence-electron chi connectivity index (χ1n) is 9.36. The van der Waals surface area contributed by atoms with E-state index in [9.17, 15) is 18.0 Å². The Labute approximate surface area is 172 Å². The van der Waals surface area contributed by atoms with Crippen LogP contribution in [0, 0.1) is 17.5 Å². The molecule has 3 heterocycles. The molecular weight excluding hydrogens is 411 g/mol. The van der Waals surface area contributed by atoms with E-state index in [2.05, 4.69) is 15.1 Å². The fourth-order valence-electron chi connectivity index (χ4n) is 3.64. The molecule has 5 aromatic rings. The molecule has 156 valence electrons. The number of aromatic nitrogens is 5. The molecule has 5 rings (SSSR count). The molecule has 0 spiro atoms. The van der Waals surface area contributed by atoms with Crippen molar-refractivity contribution < 1.29 is 17.7 Å². The molecule has 7 nitrogen and oxygen atoms in total. The predicted octanol–water partition coefficient (Wildman–Crippen LogP) is 4.36. The number of imidazole rings is 1. The van der Waals surface area contributed by atoms with E-state index in [1.54, 1.807) is 19.9 Å². The van der Waals surface area contributed by atoms with Crippen molar-refractivity contribution in [3.8, 4) is 23.0 Å². The third kappa shape index (κ3) is 2.82. The van der Waals surface area contributed by atoms with Gasteiger partial charge >= 0.3 is 0 Å². The zero-order chi connectivity index (χ0) is 21.9. The molecule has 10 heteroatoms. The number of hydrogen-bond donors (Lipinski definition) is 0. The van der Waals surface area contributed by atoms with Gasteiger partial charge in [0.1, 0.15) is 40.5 Å². The largest absolute Gasteiger partial charge is 0.333 e. The number of hydrogen-bond acceptors (Lipinski definition) is 5. The Morgan fingerprint density at radius 3 is 2.58 bits per heavy atom. The van der Waals surface area contributed by atoms with Gasteiger partial charge in [0, 0.05) is 12.1 Å². The zero-order valence-electron chi connectivity index (χ0n) is 16.3. The predicted molar refractivity (Wildman–Crippen MR) is 106 cm³/mol. The quantitative estimate of drug-likeness (QED) is 0.429. The minimum atomic E-state index is -0.867. The van der Waals surface area contributed by atoms with Crippen LogP contribution in [0.2, 0.25) is 0 Å². The maximum atomic E-state index is 14.6. The Morgan fingerprint density at radius 1 is 1.03 bits per heavy atom. The average Bonchev–Trinajstić information content (AvgIpc) is 3.36. The highest BCUT2D eigenvalue weighted by Gasteiger charge is 2.23. The summed E-state index contributed by atoms with van der Waals surface area (Å²) < 4.78 is 49.8. The van der Waals surface area contributed by atoms with Gasteiger partial charge in [0.15, 0.2) is 0 Å². The van der Waals surface area contributed by atoms with E-state index in [4.69, 9.17) is 4.52 Å². The molecule has 0 aliphatic carbocycles. The first kappa shape index (κ1) is 19.0. The van der Waals surface area contributed by atoms with Crippen molar-refractivity contribution in [1.29, 1.82) is 0 Å². The number of halogens is 3. The molecule has 0 saturated carbocycles. The van der Waals surface area contributed by atoms with Crippen LogP contribution in [0.1, 0.15) is 19.9 Å². The second-order valence-corrected chi connectivity index (χ2v) is 7.24. The Morgan fingerprint density at radius 2 is 1.84 bits per heavy atom. The lowest BCUT2D eigenvalue weighted by molar-refractivity contribution is 0.429. The van der Waals surface area contributed by atoms with Gasteiger partial charge in [0.05, 0.1) is 11.1 Å². The van der Waals surface area contributed by atoms with Crippen molar-refractivity contribution in [2.45, 2.75) is 19.9 Å². The highest BCUT2D eigenvalue weighted by molar-refractivity contribution is 5.84. The molecule has 0 aliphatic heterocycles. The van der Waals surface area contributed by atoms with Gasteiger partial charge in [-0.1, -0.05) is 11.2 Å². The fourth-order valence-corrected chi connectivity index (χ4v) is 3.64. The van der Waals surface area contributed by atoms with Crippen LogP contribution in [-0.2, 0) is 0 Å². The van der Waals surface area contributed by atoms with Gasteiger partial charge in [-0.05, 0) is 38.1 Å². The van der Waals surface area contributed by atoms with Gasteiger partial charge in [-0.3, -0.25) is 13.8 Å². The maximum absolute atomic E-state index is 14.6. The highest BCUT2D eigenvalue weighted by Crippen LogP contribution is 2.28. The lowest BCUT2D eigenvalue weighted by atomic mass is 10.2. The third-order valence-electron chi connectivity index (χ3n) is 4.97. The van der Waals surface area contributed by atoms with Gasteiger partial charge in [-0.25, -0.2) is 18.2 Å². The minimum Gasteiger partial charge on any atom is -0.333 e. The van der Waals surface area contributed by atoms with Gasteiger partial charge in [-0.2, -0.15) is 4.98 Å². The fraction of sp³-hybridized carbons (Fsp3) is 0.143. The van der Waals surface area contributed by atoms with Gasteiger partial charge in [-0.15, -0.1) is 0 Å². The van der Waals surface area contributed by atoms with Crippen molar-refractivity contribution >= 4 is 16.6 Å². The molecule has 2 aromatic carbocycles. The molecule has 0 fully saturated rings. The van der Waals surface area contributed by atoms with Crippen LogP contribution in [0.3, 0.4) is 0 Å². The zero-order valence-corrected chi connectivity index (χ0v) is 16.3. The van der Waals surface area contributed by atoms with Gasteiger partial charge in [0.2, 0.25) is 5.82 Å². The molecule has 0 radical (unpaired) electrons. The molecule has 0 atom stereocenters. The lowest BCUT2D eigenvalue weighted by Gasteiger charge is -2.16. The number of para-hydroxylation sites is 1. The maximum Gasteiger partial charge on any atom is 0.278 e. The summed E-state index contributed by atoms with van der Waals surface area (Å²) in [6.07, 6.45) is 1.37. The van der Waals surface area contributed by atoms with Crippen molar-refractivity contribution in [3.63, 3.8) is 0 Å². The van der Waals surface area contributed by atoms with Crippen molar-refractivity contribution in [2.75, 3.05) is 0 Å². The Balaban J connectivity index is 1.77. The van der Waals surface area contributed by atoms with E-state index >= 15 is 0 Å². The molecule has 0 amide bonds. The summed E-state index contributed by atoms with van der Waals surface area (Å²) in [7, 11) is 0. The summed E-state index contributed by atoms with van der Waals surface area (Å²) in [6.45, 7) is 3.53. The molecule has 31 heavy (non-hydrogen) atoms. The average molecular weight is 425 g/mol. The molecule has 0 aliphatic rings. The summed E-state index contributed by atoms with van der Waals surface area (Å²) in [5.74, 6) is -2.38. The van der Waals surface area contributed by atoms with Crippen LogP contribution in [-0.4, -0.2) is 24.1 Å². The number of fused-ring (bicyclic) bond motifs is 3. The molecule has 0 N–H and O–H groups in total. The smallest absolute Gasteiger partial charge is 0.278 e. The van der Waals surface area contributed by atoms with E-state index in [1.165, 1.54) is 33.5 Å². The summed E-state index contributed by atoms with van der Waals surface area (Å²) in [5.41, 5.74) is 0.244. The monoisotopic (exact) mass is 425 g/mol. The number of nitrogens with zero attached hydrogens (tertiary/aromatic N) is 5. The van der Waals surface area contributed by atoms with Crippen LogP contribution in [0.4, 0.5) is 13.2 Å². The van der Waals surface area contributed by atoms with E-state index in [1.807, 2.05) is 0 Å². The number of rotatable bonds is 3. The molecule has 0 bridgehead atoms. The van der Waals surface area contributed by atoms with Crippen LogP contribution >= 0.6 is 0 Å². The van der Waals surface area contributed by atoms with Crippen molar-refractivity contribution in [1.82, 2.24) is 24.1 Å². The summed E-state index contributed by atoms with van der Waals surface area (Å²) in [6, 6.07) is 7.10. The van der Waals surface area contributed by atoms with Crippen LogP contribution in [0.5, 0.6) is 0 Å². The summed E-state index contributed by atoms with van der Waals surface area (Å²) >= 11 is 0. The standard InChI is InChI=1S/C21H14F3N5O2/c1-10(2)29-17-13(23)4-3-5-15(17)28-9-25-16(18(28)21(29)30)19-26-20(31-27-19)12-7-6-11(22)8-14(12)24/h3-10H,1-2H3. The van der Waals surface area contributed by atoms with E-state index in [0.717, 1.165) is 6.07 Å². The van der Waals surface area contributed by atoms with Crippen molar-refractivity contribution in [3.05, 3.63) is 70.5 Å². The van der Waals surface area contributed by atoms with Crippen molar-refractivity contribution in [2.24, 2.45) is 0 Å². The van der Waals surface area contributed by atoms with Gasteiger partial charge < -0.3 is 4.52 Å². The lowest BCUT2D eigenvalue weighted by Crippen LogP contribution is -2.25. The SMILES string of the molecule is CC(C)n1c(=O)c2c(-c3noc(-c4ccc(F)cc4F)n3)ncn2c2cccc(F)c21. The Kier molecular flexibility index (Phi) is 4.17. The van der Waals surface area contributed by atoms with E-state index < -0.39 is 23.0 Å². The third-order valence-corrected chi connectivity index (χ3v) is 4.97. The van der Waals surface area contributed by atoms with Gasteiger partial charge in [0.25, 0.3) is 11.4 Å².